The molecule has 1 aliphatic carbocycles. The zero-order chi connectivity index (χ0) is 56.7. The molecule has 10 amide bonds. The Kier molecular flexibility index (Phi) is 20.3. The van der Waals surface area contributed by atoms with Crippen molar-refractivity contribution in [2.45, 2.75) is 121 Å². The van der Waals surface area contributed by atoms with Crippen molar-refractivity contribution in [3.05, 3.63) is 77.4 Å². The van der Waals surface area contributed by atoms with E-state index in [1.54, 1.807) is 56.9 Å². The van der Waals surface area contributed by atoms with Gasteiger partial charge in [0.1, 0.15) is 29.2 Å². The number of likely N-dealkylation sites (N-methyl/N-ethyl adjacent to an activating group) is 1. The summed E-state index contributed by atoms with van der Waals surface area (Å²) in [6.45, 7) is 8.91. The molecule has 5 atom stereocenters. The molecule has 0 spiro atoms. The van der Waals surface area contributed by atoms with Crippen molar-refractivity contribution in [2.75, 3.05) is 64.7 Å². The molecular weight excluding hydrogens is 1010 g/mol. The summed E-state index contributed by atoms with van der Waals surface area (Å²) < 4.78 is 17.2. The van der Waals surface area contributed by atoms with Gasteiger partial charge < -0.3 is 56.3 Å². The number of anilines is 1. The van der Waals surface area contributed by atoms with Crippen molar-refractivity contribution < 1.29 is 62.2 Å². The fourth-order valence-corrected chi connectivity index (χ4v) is 9.34. The molecule has 420 valence electrons. The molecule has 24 nitrogen and oxygen atoms in total. The largest absolute Gasteiger partial charge is 0.509 e. The molecule has 2 aromatic rings. The van der Waals surface area contributed by atoms with E-state index in [0.717, 1.165) is 4.90 Å². The van der Waals surface area contributed by atoms with Crippen LogP contribution in [0.5, 0.6) is 0 Å². The van der Waals surface area contributed by atoms with Gasteiger partial charge in [-0.3, -0.25) is 43.4 Å². The summed E-state index contributed by atoms with van der Waals surface area (Å²) in [6.07, 6.45) is 0.737. The van der Waals surface area contributed by atoms with E-state index < -0.39 is 89.2 Å². The second kappa shape index (κ2) is 26.8. The summed E-state index contributed by atoms with van der Waals surface area (Å²) >= 11 is 0. The van der Waals surface area contributed by atoms with Gasteiger partial charge in [-0.05, 0) is 110 Å². The smallest absolute Gasteiger partial charge is 0.444 e. The Morgan fingerprint density at radius 1 is 0.821 bits per heavy atom. The average molecular weight is 1080 g/mol. The molecule has 2 aromatic carbocycles. The number of carbonyl (C=O) groups excluding carboxylic acids is 10. The van der Waals surface area contributed by atoms with Crippen LogP contribution < -0.4 is 32.3 Å². The van der Waals surface area contributed by atoms with Crippen LogP contribution in [0.1, 0.15) is 114 Å². The van der Waals surface area contributed by atoms with Crippen molar-refractivity contribution in [1.29, 1.82) is 5.26 Å². The number of benzene rings is 2. The minimum atomic E-state index is -1.53. The van der Waals surface area contributed by atoms with Gasteiger partial charge in [-0.2, -0.15) is 5.26 Å². The van der Waals surface area contributed by atoms with Crippen LogP contribution >= 0.6 is 0 Å². The highest BCUT2D eigenvalue weighted by Gasteiger charge is 2.51. The Labute approximate surface area is 453 Å². The highest BCUT2D eigenvalue weighted by atomic mass is 16.7. The van der Waals surface area contributed by atoms with Gasteiger partial charge in [-0.15, -0.1) is 0 Å². The number of urea groups is 1. The third-order valence-electron chi connectivity index (χ3n) is 14.0. The van der Waals surface area contributed by atoms with Crippen molar-refractivity contribution >= 4 is 65.3 Å². The molecule has 3 unspecified atom stereocenters. The number of piperazine rings is 1. The van der Waals surface area contributed by atoms with E-state index in [1.807, 2.05) is 11.9 Å². The molecule has 0 aromatic heterocycles. The monoisotopic (exact) mass is 1080 g/mol. The number of nitrogens with zero attached hydrogens (tertiary/aromatic N) is 5. The second-order valence-corrected chi connectivity index (χ2v) is 20.9. The molecule has 3 fully saturated rings. The van der Waals surface area contributed by atoms with Crippen LogP contribution in [-0.4, -0.2) is 162 Å². The lowest BCUT2D eigenvalue weighted by Gasteiger charge is -2.39. The Bertz CT molecular complexity index is 2600. The minimum Gasteiger partial charge on any atom is -0.444 e. The molecule has 78 heavy (non-hydrogen) atoms. The van der Waals surface area contributed by atoms with E-state index in [-0.39, 0.29) is 81.3 Å². The van der Waals surface area contributed by atoms with E-state index >= 15 is 0 Å². The fourth-order valence-electron chi connectivity index (χ4n) is 9.34. The first-order chi connectivity index (χ1) is 37.1. The third kappa shape index (κ3) is 16.0. The molecule has 0 radical (unpaired) electrons. The van der Waals surface area contributed by atoms with Gasteiger partial charge in [-0.25, -0.2) is 14.4 Å². The summed E-state index contributed by atoms with van der Waals surface area (Å²) in [4.78, 5) is 138. The summed E-state index contributed by atoms with van der Waals surface area (Å²) in [5, 5.41) is 22.9. The molecule has 2 saturated heterocycles. The van der Waals surface area contributed by atoms with Crippen LogP contribution in [0.4, 0.5) is 20.1 Å². The van der Waals surface area contributed by atoms with Gasteiger partial charge >= 0.3 is 18.3 Å². The first kappa shape index (κ1) is 59.2. The molecule has 4 aliphatic rings. The average Bonchev–Trinajstić information content (AvgIpc) is 3.95. The van der Waals surface area contributed by atoms with Crippen LogP contribution in [0, 0.1) is 16.7 Å². The number of primary amides is 1. The van der Waals surface area contributed by atoms with Gasteiger partial charge in [-0.1, -0.05) is 30.7 Å². The number of likely N-dealkylation sites (tertiary alicyclic amines) is 1. The van der Waals surface area contributed by atoms with Crippen LogP contribution in [0.15, 0.2) is 60.7 Å². The van der Waals surface area contributed by atoms with Crippen LogP contribution in [0.2, 0.25) is 0 Å². The van der Waals surface area contributed by atoms with Crippen molar-refractivity contribution in [1.82, 2.24) is 40.9 Å². The number of unbranched alkanes of at least 4 members (excludes halogenated alkanes) is 2. The highest BCUT2D eigenvalue weighted by Crippen LogP contribution is 2.42. The van der Waals surface area contributed by atoms with Gasteiger partial charge in [0.15, 0.2) is 0 Å². The predicted octanol–water partition coefficient (Wildman–Crippen LogP) is 3.04. The van der Waals surface area contributed by atoms with E-state index in [2.05, 4.69) is 32.7 Å². The lowest BCUT2D eigenvalue weighted by Crippen LogP contribution is -2.58. The lowest BCUT2D eigenvalue weighted by atomic mass is 9.67. The number of rotatable bonds is 22. The number of hydrogen-bond acceptors (Lipinski definition) is 15. The Morgan fingerprint density at radius 2 is 1.46 bits per heavy atom. The van der Waals surface area contributed by atoms with Crippen LogP contribution in [0.3, 0.4) is 0 Å². The number of ether oxygens (including phenoxy) is 3. The number of amides is 10. The van der Waals surface area contributed by atoms with Crippen LogP contribution in [0.25, 0.3) is 0 Å². The molecule has 3 heterocycles. The number of carbonyl (C=O) groups is 10. The van der Waals surface area contributed by atoms with E-state index in [1.165, 1.54) is 41.3 Å². The summed E-state index contributed by atoms with van der Waals surface area (Å²) in [6, 6.07) is 11.1. The maximum absolute atomic E-state index is 14.2. The van der Waals surface area contributed by atoms with Crippen molar-refractivity contribution in [2.24, 2.45) is 11.1 Å². The second-order valence-electron chi connectivity index (χ2n) is 20.9. The van der Waals surface area contributed by atoms with Crippen molar-refractivity contribution in [3.63, 3.8) is 0 Å². The van der Waals surface area contributed by atoms with E-state index in [4.69, 9.17) is 19.9 Å². The zero-order valence-corrected chi connectivity index (χ0v) is 44.8. The maximum Gasteiger partial charge on any atom is 0.509 e. The summed E-state index contributed by atoms with van der Waals surface area (Å²) in [5.41, 5.74) is 4.52. The number of hydrogen-bond donors (Lipinski definition) is 6. The Morgan fingerprint density at radius 3 is 2.06 bits per heavy atom. The van der Waals surface area contributed by atoms with Crippen LogP contribution in [-0.2, 0) is 47.8 Å². The molecule has 1 saturated carbocycles. The quantitative estimate of drug-likeness (QED) is 0.0427. The first-order valence-electron chi connectivity index (χ1n) is 26.3. The fraction of sp³-hybridized carbons (Fsp3) is 0.537. The number of nitrogens with two attached hydrogens (primary N) is 1. The predicted molar refractivity (Wildman–Crippen MR) is 280 cm³/mol. The summed E-state index contributed by atoms with van der Waals surface area (Å²) in [7, 11) is 1.91. The number of nitriles is 1. The van der Waals surface area contributed by atoms with Gasteiger partial charge in [0, 0.05) is 75.6 Å². The molecule has 6 rings (SSSR count). The normalized spacial score (nSPS) is 19.1. The number of imide groups is 1. The highest BCUT2D eigenvalue weighted by molar-refractivity contribution is 6.13. The Balaban J connectivity index is 1.11. The van der Waals surface area contributed by atoms with Crippen molar-refractivity contribution in [3.8, 4) is 6.07 Å². The maximum atomic E-state index is 14.2. The molecule has 3 aliphatic heterocycles. The van der Waals surface area contributed by atoms with E-state index in [9.17, 15) is 53.2 Å². The number of nitrogens with one attached hydrogen (secondary N) is 5. The van der Waals surface area contributed by atoms with Gasteiger partial charge in [0.2, 0.25) is 29.7 Å². The summed E-state index contributed by atoms with van der Waals surface area (Å²) in [5.74, 6) is -3.58. The van der Waals surface area contributed by atoms with Gasteiger partial charge in [0.05, 0.1) is 24.2 Å². The zero-order valence-electron chi connectivity index (χ0n) is 44.8. The molecule has 7 N–H and O–H groups in total. The first-order valence-corrected chi connectivity index (χ1v) is 26.3. The molecular formula is C54H71N11O13. The molecule has 0 bridgehead atoms. The standard InChI is InChI=1S/C54H71N11O13/c1-34(36-14-12-35(32-55)13-15-36)59-46(69)41-31-39(33-65(41)51(74)78-53(2,3)4)76-52(75)77-44(47(70)63-29-27-62(5)28-30-63)37-16-18-38(19-17-37)60-45(68)40(11-9-25-58-50(56)73)61-49(72)54(22-10-23-54)48(71)57-24-7-6-8-26-64-42(66)20-21-43(64)67/h12-21,34,39-41,44H,6-11,22-31,33H2,1-5H3,(H,57,71)(H,59,69)(H,60,68)(H,61,72)(H3,56,58,73)/t34-,39?,40-,41?,44?/m0/s1. The van der Waals surface area contributed by atoms with Gasteiger partial charge in [0.25, 0.3) is 17.7 Å². The Hall–Kier alpha value is -8.07. The van der Waals surface area contributed by atoms with E-state index in [0.29, 0.717) is 63.0 Å². The minimum absolute atomic E-state index is 0.0440. The topological polar surface area (TPSA) is 321 Å². The third-order valence-corrected chi connectivity index (χ3v) is 14.0. The SMILES string of the molecule is C[C@H](NC(=O)C1CC(OC(=O)OC(C(=O)N2CCN(C)CC2)c2ccc(NC(=O)[C@H](CCCNC(N)=O)NC(=O)C3(C(=O)NCCCCCN4C(=O)C=CC4=O)CCC3)cc2)CN1C(=O)OC(C)(C)C)c1ccc(C#N)cc1. The molecule has 24 heteroatoms. The lowest BCUT2D eigenvalue weighted by molar-refractivity contribution is -0.151.